The minimum atomic E-state index is -0.388. The van der Waals surface area contributed by atoms with Gasteiger partial charge in [-0.25, -0.2) is 4.39 Å². The van der Waals surface area contributed by atoms with E-state index in [2.05, 4.69) is 25.8 Å². The first-order valence-corrected chi connectivity index (χ1v) is 9.01. The third-order valence-corrected chi connectivity index (χ3v) is 4.05. The van der Waals surface area contributed by atoms with Gasteiger partial charge in [0.05, 0.1) is 11.9 Å². The van der Waals surface area contributed by atoms with Crippen molar-refractivity contribution in [3.05, 3.63) is 96.4 Å². The number of nitrogens with zero attached hydrogens (tertiary/aromatic N) is 3. The van der Waals surface area contributed by atoms with Crippen molar-refractivity contribution in [1.29, 1.82) is 0 Å². The predicted molar refractivity (Wildman–Crippen MR) is 110 cm³/mol. The number of nitrogens with one attached hydrogen (secondary N) is 2. The first kappa shape index (κ1) is 18.4. The molecular weight excluding hydrogens is 369 g/mol. The van der Waals surface area contributed by atoms with Gasteiger partial charge in [0.1, 0.15) is 18.2 Å². The van der Waals surface area contributed by atoms with Gasteiger partial charge in [0.15, 0.2) is 5.82 Å². The Morgan fingerprint density at radius 3 is 2.38 bits per heavy atom. The summed E-state index contributed by atoms with van der Waals surface area (Å²) in [6.07, 6.45) is 1.49. The molecule has 6 nitrogen and oxygen atoms in total. The molecule has 29 heavy (non-hydrogen) atoms. The molecule has 4 aromatic rings. The van der Waals surface area contributed by atoms with Gasteiger partial charge in [-0.3, -0.25) is 0 Å². The van der Waals surface area contributed by atoms with E-state index in [4.69, 9.17) is 4.74 Å². The first-order valence-electron chi connectivity index (χ1n) is 9.01. The summed E-state index contributed by atoms with van der Waals surface area (Å²) in [5.74, 6) is 1.06. The van der Waals surface area contributed by atoms with Crippen LogP contribution in [-0.4, -0.2) is 15.2 Å². The van der Waals surface area contributed by atoms with Gasteiger partial charge in [-0.05, 0) is 42.0 Å². The smallest absolute Gasteiger partial charge is 0.249 e. The van der Waals surface area contributed by atoms with E-state index in [1.165, 1.54) is 12.3 Å². The van der Waals surface area contributed by atoms with Crippen molar-refractivity contribution in [3.8, 4) is 5.75 Å². The van der Waals surface area contributed by atoms with Crippen LogP contribution in [0.25, 0.3) is 0 Å². The second kappa shape index (κ2) is 8.79. The number of benzene rings is 3. The highest BCUT2D eigenvalue weighted by molar-refractivity contribution is 5.59. The zero-order valence-electron chi connectivity index (χ0n) is 15.4. The average Bonchev–Trinajstić information content (AvgIpc) is 2.76. The van der Waals surface area contributed by atoms with Crippen LogP contribution in [0.5, 0.6) is 5.75 Å². The molecule has 2 N–H and O–H groups in total. The number of rotatable bonds is 7. The maximum absolute atomic E-state index is 13.8. The van der Waals surface area contributed by atoms with E-state index in [0.29, 0.717) is 12.4 Å². The SMILES string of the molecule is Fc1ccccc1Nc1nncc(Nc2ccc(OCc3ccccc3)cc2)n1. The molecule has 4 rings (SSSR count). The van der Waals surface area contributed by atoms with Gasteiger partial charge in [0.2, 0.25) is 5.95 Å². The number of hydrogen-bond donors (Lipinski definition) is 2. The molecule has 0 atom stereocenters. The summed E-state index contributed by atoms with van der Waals surface area (Å²) in [5.41, 5.74) is 2.21. The van der Waals surface area contributed by atoms with Crippen LogP contribution >= 0.6 is 0 Å². The Hall–Kier alpha value is -4.00. The minimum absolute atomic E-state index is 0.197. The standard InChI is InChI=1S/C22H18FN5O/c23-19-8-4-5-9-20(19)26-22-27-21(14-24-28-22)25-17-10-12-18(13-11-17)29-15-16-6-2-1-3-7-16/h1-14H,15H2,(H2,25,26,27,28). The maximum atomic E-state index is 13.8. The highest BCUT2D eigenvalue weighted by Gasteiger charge is 2.05. The van der Waals surface area contributed by atoms with Crippen molar-refractivity contribution >= 4 is 23.1 Å². The van der Waals surface area contributed by atoms with Gasteiger partial charge >= 0.3 is 0 Å². The maximum Gasteiger partial charge on any atom is 0.249 e. The second-order valence-corrected chi connectivity index (χ2v) is 6.19. The summed E-state index contributed by atoms with van der Waals surface area (Å²) in [7, 11) is 0. The fourth-order valence-corrected chi connectivity index (χ4v) is 2.62. The summed E-state index contributed by atoms with van der Waals surface area (Å²) < 4.78 is 19.5. The largest absolute Gasteiger partial charge is 0.489 e. The molecule has 0 aliphatic heterocycles. The molecular formula is C22H18FN5O. The van der Waals surface area contributed by atoms with E-state index >= 15 is 0 Å². The molecule has 0 bridgehead atoms. The monoisotopic (exact) mass is 387 g/mol. The molecule has 144 valence electrons. The van der Waals surface area contributed by atoms with E-state index in [1.54, 1.807) is 18.2 Å². The van der Waals surface area contributed by atoms with Gasteiger partial charge in [0.25, 0.3) is 0 Å². The topological polar surface area (TPSA) is 72.0 Å². The molecule has 0 unspecified atom stereocenters. The van der Waals surface area contributed by atoms with E-state index in [9.17, 15) is 4.39 Å². The zero-order chi connectivity index (χ0) is 19.9. The van der Waals surface area contributed by atoms with Crippen molar-refractivity contribution in [3.63, 3.8) is 0 Å². The third-order valence-electron chi connectivity index (χ3n) is 4.05. The fourth-order valence-electron chi connectivity index (χ4n) is 2.62. The lowest BCUT2D eigenvalue weighted by molar-refractivity contribution is 0.306. The third kappa shape index (κ3) is 5.04. The number of anilines is 4. The molecule has 0 saturated carbocycles. The second-order valence-electron chi connectivity index (χ2n) is 6.19. The fraction of sp³-hybridized carbons (Fsp3) is 0.0455. The Morgan fingerprint density at radius 1 is 0.828 bits per heavy atom. The Kier molecular flexibility index (Phi) is 5.57. The van der Waals surface area contributed by atoms with Crippen LogP contribution in [-0.2, 0) is 6.61 Å². The lowest BCUT2D eigenvalue weighted by Crippen LogP contribution is -2.03. The molecule has 7 heteroatoms. The van der Waals surface area contributed by atoms with Crippen LogP contribution in [0.3, 0.4) is 0 Å². The Bertz CT molecular complexity index is 1070. The molecule has 3 aromatic carbocycles. The van der Waals surface area contributed by atoms with Crippen LogP contribution in [0.4, 0.5) is 27.5 Å². The van der Waals surface area contributed by atoms with Crippen molar-refractivity contribution in [2.75, 3.05) is 10.6 Å². The quantitative estimate of drug-likeness (QED) is 0.461. The average molecular weight is 387 g/mol. The predicted octanol–water partition coefficient (Wildman–Crippen LogP) is 5.08. The molecule has 0 aliphatic carbocycles. The van der Waals surface area contributed by atoms with Gasteiger partial charge < -0.3 is 15.4 Å². The van der Waals surface area contributed by atoms with E-state index in [-0.39, 0.29) is 17.5 Å². The van der Waals surface area contributed by atoms with Crippen LogP contribution in [0.1, 0.15) is 5.56 Å². The normalized spacial score (nSPS) is 10.4. The molecule has 0 amide bonds. The van der Waals surface area contributed by atoms with Crippen LogP contribution < -0.4 is 15.4 Å². The van der Waals surface area contributed by atoms with Crippen molar-refractivity contribution in [2.24, 2.45) is 0 Å². The number of ether oxygens (including phenoxy) is 1. The molecule has 1 aromatic heterocycles. The molecule has 1 heterocycles. The van der Waals surface area contributed by atoms with E-state index in [1.807, 2.05) is 54.6 Å². The number of para-hydroxylation sites is 1. The summed E-state index contributed by atoms with van der Waals surface area (Å²) in [5, 5.41) is 13.8. The Morgan fingerprint density at radius 2 is 1.59 bits per heavy atom. The molecule has 0 fully saturated rings. The van der Waals surface area contributed by atoms with Gasteiger partial charge in [-0.1, -0.05) is 42.5 Å². The minimum Gasteiger partial charge on any atom is -0.489 e. The van der Waals surface area contributed by atoms with Gasteiger partial charge in [-0.15, -0.1) is 5.10 Å². The Labute approximate surface area is 167 Å². The lowest BCUT2D eigenvalue weighted by atomic mass is 10.2. The number of halogens is 1. The number of aromatic nitrogens is 3. The van der Waals surface area contributed by atoms with E-state index in [0.717, 1.165) is 17.0 Å². The highest BCUT2D eigenvalue weighted by Crippen LogP contribution is 2.21. The molecule has 0 aliphatic rings. The molecule has 0 radical (unpaired) electrons. The first-order chi connectivity index (χ1) is 14.3. The summed E-state index contributed by atoms with van der Waals surface area (Å²) in [6.45, 7) is 0.508. The van der Waals surface area contributed by atoms with Crippen LogP contribution in [0, 0.1) is 5.82 Å². The van der Waals surface area contributed by atoms with E-state index < -0.39 is 0 Å². The lowest BCUT2D eigenvalue weighted by Gasteiger charge is -2.10. The van der Waals surface area contributed by atoms with Crippen LogP contribution in [0.2, 0.25) is 0 Å². The van der Waals surface area contributed by atoms with Crippen molar-refractivity contribution in [1.82, 2.24) is 15.2 Å². The number of hydrogen-bond acceptors (Lipinski definition) is 6. The summed E-state index contributed by atoms with van der Waals surface area (Å²) in [4.78, 5) is 4.31. The van der Waals surface area contributed by atoms with Gasteiger partial charge in [-0.2, -0.15) is 10.1 Å². The van der Waals surface area contributed by atoms with Crippen LogP contribution in [0.15, 0.2) is 85.1 Å². The summed E-state index contributed by atoms with van der Waals surface area (Å²) >= 11 is 0. The summed E-state index contributed by atoms with van der Waals surface area (Å²) in [6, 6.07) is 23.8. The van der Waals surface area contributed by atoms with Crippen molar-refractivity contribution in [2.45, 2.75) is 6.61 Å². The van der Waals surface area contributed by atoms with Crippen molar-refractivity contribution < 1.29 is 9.13 Å². The van der Waals surface area contributed by atoms with Gasteiger partial charge in [0, 0.05) is 5.69 Å². The Balaban J connectivity index is 1.38. The molecule has 0 saturated heterocycles. The zero-order valence-corrected chi connectivity index (χ0v) is 15.4. The highest BCUT2D eigenvalue weighted by atomic mass is 19.1. The molecule has 0 spiro atoms.